The molecule has 2 amide bonds. The number of urea groups is 1. The lowest BCUT2D eigenvalue weighted by molar-refractivity contribution is 0.253. The third kappa shape index (κ3) is 4.75. The Bertz CT molecular complexity index is 579. The van der Waals surface area contributed by atoms with Crippen molar-refractivity contribution in [1.29, 1.82) is 0 Å². The van der Waals surface area contributed by atoms with Gasteiger partial charge >= 0.3 is 6.03 Å². The highest BCUT2D eigenvalue weighted by atomic mass is 32.2. The Hall–Kier alpha value is -1.82. The van der Waals surface area contributed by atoms with Gasteiger partial charge in [0.2, 0.25) is 0 Å². The number of hydrogen-bond donors (Lipinski definition) is 2. The molecule has 0 unspecified atom stereocenters. The van der Waals surface area contributed by atoms with E-state index in [0.29, 0.717) is 12.2 Å². The molecule has 1 aromatic rings. The standard InChI is InChI=1S/C13H18N2O3S/c1-4-19(17,18)12-7-5-6-11(8-12)15-13(16)14-9-10(2)3/h5-8H,2,4,9H2,1,3H3,(H2,14,15,16). The Labute approximate surface area is 113 Å². The third-order valence-corrected chi connectivity index (χ3v) is 4.11. The van der Waals surface area contributed by atoms with Gasteiger partial charge in [-0.15, -0.1) is 0 Å². The molecule has 0 spiro atoms. The molecule has 0 atom stereocenters. The molecule has 1 rings (SSSR count). The predicted octanol–water partition coefficient (Wildman–Crippen LogP) is 2.18. The Balaban J connectivity index is 2.78. The first-order chi connectivity index (χ1) is 8.85. The topological polar surface area (TPSA) is 75.3 Å². The van der Waals surface area contributed by atoms with Crippen LogP contribution in [0.4, 0.5) is 10.5 Å². The molecule has 5 nitrogen and oxygen atoms in total. The SMILES string of the molecule is C=C(C)CNC(=O)Nc1cccc(S(=O)(=O)CC)c1. The summed E-state index contributed by atoms with van der Waals surface area (Å²) in [7, 11) is -3.27. The van der Waals surface area contributed by atoms with Gasteiger partial charge in [-0.1, -0.05) is 25.1 Å². The maximum absolute atomic E-state index is 11.7. The monoisotopic (exact) mass is 282 g/mol. The van der Waals surface area contributed by atoms with Crippen LogP contribution in [0, 0.1) is 0 Å². The van der Waals surface area contributed by atoms with Crippen LogP contribution >= 0.6 is 0 Å². The van der Waals surface area contributed by atoms with Crippen LogP contribution in [0.2, 0.25) is 0 Å². The number of carbonyl (C=O) groups excluding carboxylic acids is 1. The second-order valence-electron chi connectivity index (χ2n) is 4.20. The summed E-state index contributed by atoms with van der Waals surface area (Å²) in [6, 6.07) is 5.79. The summed E-state index contributed by atoms with van der Waals surface area (Å²) < 4.78 is 23.4. The molecule has 0 radical (unpaired) electrons. The third-order valence-electron chi connectivity index (χ3n) is 2.38. The van der Waals surface area contributed by atoms with E-state index in [2.05, 4.69) is 17.2 Å². The number of carbonyl (C=O) groups is 1. The van der Waals surface area contributed by atoms with Gasteiger partial charge in [0.05, 0.1) is 10.6 Å². The van der Waals surface area contributed by atoms with Crippen molar-refractivity contribution in [2.24, 2.45) is 0 Å². The molecule has 0 heterocycles. The molecule has 19 heavy (non-hydrogen) atoms. The highest BCUT2D eigenvalue weighted by Gasteiger charge is 2.12. The summed E-state index contributed by atoms with van der Waals surface area (Å²) in [5, 5.41) is 5.18. The summed E-state index contributed by atoms with van der Waals surface area (Å²) in [5.74, 6) is 0.0261. The number of benzene rings is 1. The Morgan fingerprint density at radius 1 is 1.37 bits per heavy atom. The van der Waals surface area contributed by atoms with Gasteiger partial charge in [-0.2, -0.15) is 0 Å². The van der Waals surface area contributed by atoms with Crippen LogP contribution in [0.25, 0.3) is 0 Å². The van der Waals surface area contributed by atoms with E-state index in [4.69, 9.17) is 0 Å². The number of nitrogens with one attached hydrogen (secondary N) is 2. The Morgan fingerprint density at radius 3 is 2.63 bits per heavy atom. The summed E-state index contributed by atoms with van der Waals surface area (Å²) in [4.78, 5) is 11.7. The minimum absolute atomic E-state index is 0.0261. The molecule has 0 aliphatic heterocycles. The first-order valence-electron chi connectivity index (χ1n) is 5.87. The smallest absolute Gasteiger partial charge is 0.319 e. The molecule has 0 aliphatic carbocycles. The molecule has 0 saturated heterocycles. The molecule has 0 aliphatic rings. The van der Waals surface area contributed by atoms with Gasteiger partial charge in [-0.3, -0.25) is 0 Å². The second-order valence-corrected chi connectivity index (χ2v) is 6.47. The molecule has 0 fully saturated rings. The predicted molar refractivity (Wildman–Crippen MR) is 76.0 cm³/mol. The number of rotatable bonds is 5. The van der Waals surface area contributed by atoms with E-state index in [-0.39, 0.29) is 10.6 Å². The van der Waals surface area contributed by atoms with Crippen molar-refractivity contribution < 1.29 is 13.2 Å². The van der Waals surface area contributed by atoms with Crippen molar-refractivity contribution in [3.63, 3.8) is 0 Å². The summed E-state index contributed by atoms with van der Waals surface area (Å²) in [5.41, 5.74) is 1.27. The Morgan fingerprint density at radius 2 is 2.05 bits per heavy atom. The van der Waals surface area contributed by atoms with E-state index < -0.39 is 15.9 Å². The van der Waals surface area contributed by atoms with E-state index in [9.17, 15) is 13.2 Å². The fourth-order valence-electron chi connectivity index (χ4n) is 1.34. The lowest BCUT2D eigenvalue weighted by Gasteiger charge is -2.09. The van der Waals surface area contributed by atoms with Gasteiger partial charge in [-0.05, 0) is 25.1 Å². The van der Waals surface area contributed by atoms with Gasteiger partial charge < -0.3 is 10.6 Å². The summed E-state index contributed by atoms with van der Waals surface area (Å²) >= 11 is 0. The average Bonchev–Trinajstić information content (AvgIpc) is 2.36. The van der Waals surface area contributed by atoms with Crippen molar-refractivity contribution in [1.82, 2.24) is 5.32 Å². The van der Waals surface area contributed by atoms with Crippen molar-refractivity contribution in [3.05, 3.63) is 36.4 Å². The van der Waals surface area contributed by atoms with Crippen LogP contribution in [0.5, 0.6) is 0 Å². The van der Waals surface area contributed by atoms with Gasteiger partial charge in [0, 0.05) is 12.2 Å². The van der Waals surface area contributed by atoms with Gasteiger partial charge in [0.1, 0.15) is 0 Å². The van der Waals surface area contributed by atoms with E-state index in [1.807, 2.05) is 0 Å². The second kappa shape index (κ2) is 6.38. The maximum atomic E-state index is 11.7. The average molecular weight is 282 g/mol. The lowest BCUT2D eigenvalue weighted by Crippen LogP contribution is -2.29. The van der Waals surface area contributed by atoms with Crippen LogP contribution in [-0.4, -0.2) is 26.7 Å². The van der Waals surface area contributed by atoms with Crippen molar-refractivity contribution in [2.45, 2.75) is 18.7 Å². The van der Waals surface area contributed by atoms with Crippen LogP contribution < -0.4 is 10.6 Å². The quantitative estimate of drug-likeness (QED) is 0.813. The molecule has 104 valence electrons. The number of sulfone groups is 1. The van der Waals surface area contributed by atoms with E-state index >= 15 is 0 Å². The molecular weight excluding hydrogens is 264 g/mol. The zero-order valence-corrected chi connectivity index (χ0v) is 11.9. The van der Waals surface area contributed by atoms with Crippen molar-refractivity contribution >= 4 is 21.6 Å². The number of amides is 2. The Kier molecular flexibility index (Phi) is 5.11. The van der Waals surface area contributed by atoms with Crippen LogP contribution in [0.15, 0.2) is 41.3 Å². The van der Waals surface area contributed by atoms with E-state index in [1.54, 1.807) is 26.0 Å². The zero-order chi connectivity index (χ0) is 14.5. The molecular formula is C13H18N2O3S. The fourth-order valence-corrected chi connectivity index (χ4v) is 2.27. The van der Waals surface area contributed by atoms with Gasteiger partial charge in [-0.25, -0.2) is 13.2 Å². The highest BCUT2D eigenvalue weighted by molar-refractivity contribution is 7.91. The minimum Gasteiger partial charge on any atom is -0.334 e. The minimum atomic E-state index is -3.27. The molecule has 6 heteroatoms. The maximum Gasteiger partial charge on any atom is 0.319 e. The molecule has 1 aromatic carbocycles. The highest BCUT2D eigenvalue weighted by Crippen LogP contribution is 2.16. The number of anilines is 1. The molecule has 0 aromatic heterocycles. The molecule has 0 bridgehead atoms. The van der Waals surface area contributed by atoms with Crippen molar-refractivity contribution in [3.8, 4) is 0 Å². The zero-order valence-electron chi connectivity index (χ0n) is 11.1. The van der Waals surface area contributed by atoms with E-state index in [0.717, 1.165) is 5.57 Å². The lowest BCUT2D eigenvalue weighted by atomic mass is 10.3. The van der Waals surface area contributed by atoms with Crippen LogP contribution in [-0.2, 0) is 9.84 Å². The fraction of sp³-hybridized carbons (Fsp3) is 0.308. The number of hydrogen-bond acceptors (Lipinski definition) is 3. The largest absolute Gasteiger partial charge is 0.334 e. The first kappa shape index (κ1) is 15.2. The van der Waals surface area contributed by atoms with E-state index in [1.165, 1.54) is 12.1 Å². The van der Waals surface area contributed by atoms with Crippen molar-refractivity contribution in [2.75, 3.05) is 17.6 Å². The molecule has 2 N–H and O–H groups in total. The van der Waals surface area contributed by atoms with Gasteiger partial charge in [0.15, 0.2) is 9.84 Å². The van der Waals surface area contributed by atoms with Crippen LogP contribution in [0.3, 0.4) is 0 Å². The van der Waals surface area contributed by atoms with Gasteiger partial charge in [0.25, 0.3) is 0 Å². The first-order valence-corrected chi connectivity index (χ1v) is 7.52. The molecule has 0 saturated carbocycles. The normalized spacial score (nSPS) is 10.8. The summed E-state index contributed by atoms with van der Waals surface area (Å²) in [6.07, 6.45) is 0. The summed E-state index contributed by atoms with van der Waals surface area (Å²) in [6.45, 7) is 7.42. The van der Waals surface area contributed by atoms with Crippen LogP contribution in [0.1, 0.15) is 13.8 Å².